The van der Waals surface area contributed by atoms with Crippen molar-refractivity contribution in [1.29, 1.82) is 0 Å². The van der Waals surface area contributed by atoms with Gasteiger partial charge in [0, 0.05) is 18.4 Å². The summed E-state index contributed by atoms with van der Waals surface area (Å²) in [5, 5.41) is 13.1. The molecule has 2 aromatic rings. The molecule has 2 rings (SSSR count). The van der Waals surface area contributed by atoms with Crippen molar-refractivity contribution in [1.82, 2.24) is 14.6 Å². The van der Waals surface area contributed by atoms with Crippen molar-refractivity contribution in [3.8, 4) is 0 Å². The van der Waals surface area contributed by atoms with E-state index in [0.29, 0.717) is 5.82 Å². The van der Waals surface area contributed by atoms with Crippen molar-refractivity contribution < 1.29 is 9.90 Å². The molecule has 1 N–H and O–H groups in total. The van der Waals surface area contributed by atoms with E-state index in [1.807, 2.05) is 19.9 Å². The number of hydrogen-bond donors (Lipinski definition) is 1. The average molecular weight is 248 g/mol. The molecule has 0 aliphatic rings. The molecule has 0 amide bonds. The minimum atomic E-state index is -0.862. The summed E-state index contributed by atoms with van der Waals surface area (Å²) in [6, 6.07) is 1.94. The second-order valence-electron chi connectivity index (χ2n) is 4.19. The number of fused-ring (bicyclic) bond motifs is 1. The zero-order valence-corrected chi connectivity index (χ0v) is 10.4. The SMILES string of the molecule is CCC(C)N(CC(=O)O)c1nccn2nccc12. The molecule has 96 valence electrons. The van der Waals surface area contributed by atoms with Crippen LogP contribution in [0.3, 0.4) is 0 Å². The first-order valence-electron chi connectivity index (χ1n) is 5.90. The maximum absolute atomic E-state index is 11.0. The first kappa shape index (κ1) is 12.3. The molecule has 0 aliphatic carbocycles. The fourth-order valence-corrected chi connectivity index (χ4v) is 1.87. The van der Waals surface area contributed by atoms with Gasteiger partial charge in [-0.1, -0.05) is 6.92 Å². The van der Waals surface area contributed by atoms with Crippen LogP contribution in [0.1, 0.15) is 20.3 Å². The zero-order chi connectivity index (χ0) is 13.1. The molecule has 0 radical (unpaired) electrons. The number of hydrogen-bond acceptors (Lipinski definition) is 4. The molecule has 2 heterocycles. The van der Waals surface area contributed by atoms with E-state index >= 15 is 0 Å². The summed E-state index contributed by atoms with van der Waals surface area (Å²) in [5.41, 5.74) is 0.819. The summed E-state index contributed by atoms with van der Waals surface area (Å²) in [6.45, 7) is 3.95. The first-order valence-corrected chi connectivity index (χ1v) is 5.90. The van der Waals surface area contributed by atoms with Gasteiger partial charge < -0.3 is 10.0 Å². The Balaban J connectivity index is 2.46. The van der Waals surface area contributed by atoms with Gasteiger partial charge in [0.25, 0.3) is 0 Å². The van der Waals surface area contributed by atoms with Gasteiger partial charge in [-0.25, -0.2) is 9.50 Å². The third-order valence-corrected chi connectivity index (χ3v) is 3.00. The van der Waals surface area contributed by atoms with Crippen LogP contribution >= 0.6 is 0 Å². The quantitative estimate of drug-likeness (QED) is 0.866. The highest BCUT2D eigenvalue weighted by molar-refractivity contribution is 5.77. The third-order valence-electron chi connectivity index (χ3n) is 3.00. The van der Waals surface area contributed by atoms with E-state index in [1.165, 1.54) is 0 Å². The van der Waals surface area contributed by atoms with Crippen molar-refractivity contribution in [2.75, 3.05) is 11.4 Å². The van der Waals surface area contributed by atoms with E-state index in [4.69, 9.17) is 5.11 Å². The molecular weight excluding hydrogens is 232 g/mol. The minimum Gasteiger partial charge on any atom is -0.480 e. The smallest absolute Gasteiger partial charge is 0.323 e. The van der Waals surface area contributed by atoms with E-state index in [2.05, 4.69) is 10.1 Å². The standard InChI is InChI=1S/C12H16N4O2/c1-3-9(2)15(8-11(17)18)12-10-4-5-14-16(10)7-6-13-12/h4-7,9H,3,8H2,1-2H3,(H,17,18). The van der Waals surface area contributed by atoms with Gasteiger partial charge in [-0.15, -0.1) is 0 Å². The maximum Gasteiger partial charge on any atom is 0.323 e. The van der Waals surface area contributed by atoms with Crippen molar-refractivity contribution in [2.45, 2.75) is 26.3 Å². The molecule has 0 saturated carbocycles. The van der Waals surface area contributed by atoms with E-state index < -0.39 is 5.97 Å². The fourth-order valence-electron chi connectivity index (χ4n) is 1.87. The van der Waals surface area contributed by atoms with Gasteiger partial charge >= 0.3 is 5.97 Å². The highest BCUT2D eigenvalue weighted by Crippen LogP contribution is 2.21. The van der Waals surface area contributed by atoms with E-state index in [0.717, 1.165) is 11.9 Å². The van der Waals surface area contributed by atoms with Crippen molar-refractivity contribution >= 4 is 17.3 Å². The molecule has 2 aromatic heterocycles. The van der Waals surface area contributed by atoms with E-state index in [9.17, 15) is 4.79 Å². The number of carboxylic acid groups (broad SMARTS) is 1. The maximum atomic E-state index is 11.0. The molecule has 0 aromatic carbocycles. The summed E-state index contributed by atoms with van der Waals surface area (Å²) in [6.07, 6.45) is 5.90. The van der Waals surface area contributed by atoms with Crippen LogP contribution in [-0.2, 0) is 4.79 Å². The molecule has 0 aliphatic heterocycles. The average Bonchev–Trinajstić information content (AvgIpc) is 2.83. The molecular formula is C12H16N4O2. The second-order valence-corrected chi connectivity index (χ2v) is 4.19. The largest absolute Gasteiger partial charge is 0.480 e. The van der Waals surface area contributed by atoms with E-state index in [-0.39, 0.29) is 12.6 Å². The molecule has 6 heteroatoms. The Bertz CT molecular complexity index is 552. The summed E-state index contributed by atoms with van der Waals surface area (Å²) < 4.78 is 1.69. The lowest BCUT2D eigenvalue weighted by atomic mass is 10.2. The number of carboxylic acids is 1. The zero-order valence-electron chi connectivity index (χ0n) is 10.4. The van der Waals surface area contributed by atoms with Crippen molar-refractivity contribution in [3.05, 3.63) is 24.7 Å². The summed E-state index contributed by atoms with van der Waals surface area (Å²) >= 11 is 0. The number of carbonyl (C=O) groups is 1. The molecule has 6 nitrogen and oxygen atoms in total. The molecule has 0 fully saturated rings. The van der Waals surface area contributed by atoms with Gasteiger partial charge in [0.05, 0.1) is 6.20 Å². The van der Waals surface area contributed by atoms with E-state index in [1.54, 1.807) is 28.0 Å². The topological polar surface area (TPSA) is 70.7 Å². The molecule has 1 unspecified atom stereocenters. The number of nitrogens with zero attached hydrogens (tertiary/aromatic N) is 4. The van der Waals surface area contributed by atoms with Crippen LogP contribution in [0.2, 0.25) is 0 Å². The van der Waals surface area contributed by atoms with Crippen LogP contribution in [0.4, 0.5) is 5.82 Å². The molecule has 0 spiro atoms. The Kier molecular flexibility index (Phi) is 3.45. The monoisotopic (exact) mass is 248 g/mol. The van der Waals surface area contributed by atoms with Crippen LogP contribution < -0.4 is 4.90 Å². The lowest BCUT2D eigenvalue weighted by Gasteiger charge is -2.28. The Morgan fingerprint density at radius 1 is 1.56 bits per heavy atom. The normalized spacial score (nSPS) is 12.6. The van der Waals surface area contributed by atoms with Crippen LogP contribution in [-0.4, -0.2) is 38.3 Å². The summed E-state index contributed by atoms with van der Waals surface area (Å²) in [7, 11) is 0. The number of aliphatic carboxylic acids is 1. The van der Waals surface area contributed by atoms with Gasteiger partial charge in [0.15, 0.2) is 5.82 Å². The van der Waals surface area contributed by atoms with Crippen LogP contribution in [0.15, 0.2) is 24.7 Å². The second kappa shape index (κ2) is 5.03. The molecule has 0 bridgehead atoms. The van der Waals surface area contributed by atoms with Crippen LogP contribution in [0, 0.1) is 0 Å². The highest BCUT2D eigenvalue weighted by atomic mass is 16.4. The van der Waals surface area contributed by atoms with Gasteiger partial charge in [-0.2, -0.15) is 5.10 Å². The number of anilines is 1. The number of aromatic nitrogens is 3. The van der Waals surface area contributed by atoms with Gasteiger partial charge in [0.1, 0.15) is 12.1 Å². The highest BCUT2D eigenvalue weighted by Gasteiger charge is 2.19. The van der Waals surface area contributed by atoms with Gasteiger partial charge in [0.2, 0.25) is 0 Å². The Labute approximate surface area is 105 Å². The Morgan fingerprint density at radius 2 is 2.33 bits per heavy atom. The lowest BCUT2D eigenvalue weighted by Crippen LogP contribution is -2.38. The molecule has 1 atom stereocenters. The van der Waals surface area contributed by atoms with Crippen molar-refractivity contribution in [2.24, 2.45) is 0 Å². The predicted octanol–water partition coefficient (Wildman–Crippen LogP) is 1.42. The predicted molar refractivity (Wildman–Crippen MR) is 67.7 cm³/mol. The van der Waals surface area contributed by atoms with Gasteiger partial charge in [-0.05, 0) is 19.4 Å². The minimum absolute atomic E-state index is 0.0626. The molecule has 18 heavy (non-hydrogen) atoms. The number of rotatable bonds is 5. The fraction of sp³-hybridized carbons (Fsp3) is 0.417. The summed E-state index contributed by atoms with van der Waals surface area (Å²) in [4.78, 5) is 17.1. The molecule has 0 saturated heterocycles. The first-order chi connectivity index (χ1) is 8.63. The Hall–Kier alpha value is -2.11. The Morgan fingerprint density at radius 3 is 3.00 bits per heavy atom. The summed E-state index contributed by atoms with van der Waals surface area (Å²) in [5.74, 6) is -0.203. The van der Waals surface area contributed by atoms with Crippen molar-refractivity contribution in [3.63, 3.8) is 0 Å². The third kappa shape index (κ3) is 2.27. The van der Waals surface area contributed by atoms with Crippen LogP contribution in [0.5, 0.6) is 0 Å². The van der Waals surface area contributed by atoms with Gasteiger partial charge in [-0.3, -0.25) is 4.79 Å². The van der Waals surface area contributed by atoms with Crippen LogP contribution in [0.25, 0.3) is 5.52 Å². The lowest BCUT2D eigenvalue weighted by molar-refractivity contribution is -0.135.